The third-order valence-corrected chi connectivity index (χ3v) is 3.60. The minimum atomic E-state index is -0.515. The number of rotatable bonds is 3. The summed E-state index contributed by atoms with van der Waals surface area (Å²) >= 11 is 1.67. The number of pyridine rings is 1. The number of hydrogen-bond acceptors (Lipinski definition) is 3. The summed E-state index contributed by atoms with van der Waals surface area (Å²) in [5, 5.41) is 10.1. The second kappa shape index (κ2) is 4.55. The fourth-order valence-corrected chi connectivity index (χ4v) is 2.41. The molecule has 0 fully saturated rings. The Morgan fingerprint density at radius 2 is 2.00 bits per heavy atom. The number of aromatic nitrogens is 1. The molecular formula is C12H13NOS. The number of hydrogen-bond donors (Lipinski definition) is 1. The number of aryl methyl sites for hydroxylation is 1. The van der Waals surface area contributed by atoms with Crippen LogP contribution in [-0.2, 0) is 6.42 Å². The van der Waals surface area contributed by atoms with Crippen molar-refractivity contribution in [3.8, 4) is 0 Å². The van der Waals surface area contributed by atoms with Crippen LogP contribution < -0.4 is 0 Å². The fourth-order valence-electron chi connectivity index (χ4n) is 1.44. The summed E-state index contributed by atoms with van der Waals surface area (Å²) in [6.07, 6.45) is 3.91. The number of aliphatic hydroxyl groups excluding tert-OH is 1. The van der Waals surface area contributed by atoms with Crippen molar-refractivity contribution in [3.63, 3.8) is 0 Å². The van der Waals surface area contributed by atoms with E-state index >= 15 is 0 Å². The molecule has 1 atom stereocenters. The van der Waals surface area contributed by atoms with Crippen molar-refractivity contribution in [2.75, 3.05) is 0 Å². The van der Waals surface area contributed by atoms with Crippen molar-refractivity contribution in [2.45, 2.75) is 19.4 Å². The Kier molecular flexibility index (Phi) is 3.14. The largest absolute Gasteiger partial charge is 0.383 e. The van der Waals surface area contributed by atoms with Crippen LogP contribution in [0, 0.1) is 0 Å². The predicted molar refractivity (Wildman–Crippen MR) is 62.0 cm³/mol. The third-order valence-electron chi connectivity index (χ3n) is 2.32. The molecule has 0 saturated carbocycles. The summed E-state index contributed by atoms with van der Waals surface area (Å²) in [5.41, 5.74) is 0.898. The van der Waals surface area contributed by atoms with Gasteiger partial charge in [0.05, 0.1) is 0 Å². The highest BCUT2D eigenvalue weighted by atomic mass is 32.1. The average Bonchev–Trinajstić information content (AvgIpc) is 2.78. The molecule has 1 N–H and O–H groups in total. The van der Waals surface area contributed by atoms with E-state index in [2.05, 4.69) is 18.0 Å². The lowest BCUT2D eigenvalue weighted by Crippen LogP contribution is -1.96. The number of nitrogens with zero attached hydrogens (tertiary/aromatic N) is 1. The van der Waals surface area contributed by atoms with Gasteiger partial charge < -0.3 is 5.11 Å². The highest BCUT2D eigenvalue weighted by molar-refractivity contribution is 7.12. The van der Waals surface area contributed by atoms with E-state index in [1.54, 1.807) is 23.7 Å². The fraction of sp³-hybridized carbons (Fsp3) is 0.250. The molecule has 2 aromatic rings. The quantitative estimate of drug-likeness (QED) is 0.861. The molecule has 2 rings (SSSR count). The van der Waals surface area contributed by atoms with E-state index in [1.807, 2.05) is 18.2 Å². The summed E-state index contributed by atoms with van der Waals surface area (Å²) in [4.78, 5) is 6.24. The van der Waals surface area contributed by atoms with Crippen molar-refractivity contribution in [3.05, 3.63) is 52.0 Å². The Hall–Kier alpha value is -1.19. The van der Waals surface area contributed by atoms with E-state index in [-0.39, 0.29) is 0 Å². The smallest absolute Gasteiger partial charge is 0.113 e. The van der Waals surface area contributed by atoms with Crippen molar-refractivity contribution in [2.24, 2.45) is 0 Å². The van der Waals surface area contributed by atoms with Crippen molar-refractivity contribution in [1.29, 1.82) is 0 Å². The molecule has 0 amide bonds. The molecule has 0 aliphatic carbocycles. The molecular weight excluding hydrogens is 206 g/mol. The molecule has 2 aromatic heterocycles. The van der Waals surface area contributed by atoms with Crippen LogP contribution in [0.15, 0.2) is 36.7 Å². The van der Waals surface area contributed by atoms with Crippen molar-refractivity contribution < 1.29 is 5.11 Å². The van der Waals surface area contributed by atoms with Gasteiger partial charge in [0.1, 0.15) is 6.10 Å². The van der Waals surface area contributed by atoms with Gasteiger partial charge in [-0.25, -0.2) is 0 Å². The van der Waals surface area contributed by atoms with Gasteiger partial charge in [0.2, 0.25) is 0 Å². The minimum Gasteiger partial charge on any atom is -0.383 e. The first kappa shape index (κ1) is 10.3. The zero-order valence-electron chi connectivity index (χ0n) is 8.55. The second-order valence-corrected chi connectivity index (χ2v) is 4.54. The van der Waals surface area contributed by atoms with E-state index in [4.69, 9.17) is 0 Å². The molecule has 1 unspecified atom stereocenters. The molecule has 0 radical (unpaired) electrons. The van der Waals surface area contributed by atoms with Crippen molar-refractivity contribution in [1.82, 2.24) is 4.98 Å². The molecule has 0 saturated heterocycles. The summed E-state index contributed by atoms with van der Waals surface area (Å²) in [6, 6.07) is 7.75. The van der Waals surface area contributed by atoms with Gasteiger partial charge in [0.25, 0.3) is 0 Å². The lowest BCUT2D eigenvalue weighted by atomic mass is 10.1. The van der Waals surface area contributed by atoms with Gasteiger partial charge in [0, 0.05) is 22.1 Å². The first-order valence-electron chi connectivity index (χ1n) is 4.98. The molecule has 78 valence electrons. The predicted octanol–water partition coefficient (Wildman–Crippen LogP) is 2.79. The van der Waals surface area contributed by atoms with Crippen LogP contribution >= 0.6 is 11.3 Å². The van der Waals surface area contributed by atoms with Gasteiger partial charge in [-0.15, -0.1) is 11.3 Å². The lowest BCUT2D eigenvalue weighted by Gasteiger charge is -2.07. The second-order valence-electron chi connectivity index (χ2n) is 3.34. The summed E-state index contributed by atoms with van der Waals surface area (Å²) in [5.74, 6) is 0. The van der Waals surface area contributed by atoms with Crippen LogP contribution in [0.4, 0.5) is 0 Å². The SMILES string of the molecule is CCc1ccc(C(O)c2ccncc2)s1. The molecule has 0 aliphatic rings. The van der Waals surface area contributed by atoms with Gasteiger partial charge in [-0.05, 0) is 36.2 Å². The van der Waals surface area contributed by atoms with E-state index < -0.39 is 6.10 Å². The zero-order valence-corrected chi connectivity index (χ0v) is 9.37. The van der Waals surface area contributed by atoms with Crippen molar-refractivity contribution >= 4 is 11.3 Å². The van der Waals surface area contributed by atoms with Crippen LogP contribution in [0.1, 0.15) is 28.3 Å². The van der Waals surface area contributed by atoms with E-state index in [0.29, 0.717) is 0 Å². The molecule has 0 bridgehead atoms. The first-order chi connectivity index (χ1) is 7.31. The van der Waals surface area contributed by atoms with Crippen LogP contribution in [0.2, 0.25) is 0 Å². The highest BCUT2D eigenvalue weighted by Crippen LogP contribution is 2.28. The highest BCUT2D eigenvalue weighted by Gasteiger charge is 2.11. The molecule has 15 heavy (non-hydrogen) atoms. The van der Waals surface area contributed by atoms with Crippen LogP contribution in [0.25, 0.3) is 0 Å². The van der Waals surface area contributed by atoms with E-state index in [0.717, 1.165) is 16.9 Å². The Bertz CT molecular complexity index is 424. The maximum Gasteiger partial charge on any atom is 0.113 e. The molecule has 2 heterocycles. The Morgan fingerprint density at radius 1 is 1.27 bits per heavy atom. The number of thiophene rings is 1. The normalized spacial score (nSPS) is 12.7. The average molecular weight is 219 g/mol. The zero-order chi connectivity index (χ0) is 10.7. The summed E-state index contributed by atoms with van der Waals surface area (Å²) in [7, 11) is 0. The van der Waals surface area contributed by atoms with Crippen LogP contribution in [-0.4, -0.2) is 10.1 Å². The summed E-state index contributed by atoms with van der Waals surface area (Å²) < 4.78 is 0. The maximum absolute atomic E-state index is 10.1. The standard InChI is InChI=1S/C12H13NOS/c1-2-10-3-4-11(15-10)12(14)9-5-7-13-8-6-9/h3-8,12,14H,2H2,1H3. The van der Waals surface area contributed by atoms with Gasteiger partial charge >= 0.3 is 0 Å². The monoisotopic (exact) mass is 219 g/mol. The lowest BCUT2D eigenvalue weighted by molar-refractivity contribution is 0.224. The first-order valence-corrected chi connectivity index (χ1v) is 5.79. The van der Waals surface area contributed by atoms with Gasteiger partial charge in [0.15, 0.2) is 0 Å². The van der Waals surface area contributed by atoms with Crippen LogP contribution in [0.5, 0.6) is 0 Å². The van der Waals surface area contributed by atoms with Crippen LogP contribution in [0.3, 0.4) is 0 Å². The topological polar surface area (TPSA) is 33.1 Å². The third kappa shape index (κ3) is 2.25. The molecule has 0 aliphatic heterocycles. The Balaban J connectivity index is 2.24. The van der Waals surface area contributed by atoms with Gasteiger partial charge in [-0.1, -0.05) is 6.92 Å². The Labute approximate surface area is 93.2 Å². The van der Waals surface area contributed by atoms with Gasteiger partial charge in [-0.3, -0.25) is 4.98 Å². The molecule has 0 spiro atoms. The van der Waals surface area contributed by atoms with Gasteiger partial charge in [-0.2, -0.15) is 0 Å². The van der Waals surface area contributed by atoms with E-state index in [1.165, 1.54) is 4.88 Å². The maximum atomic E-state index is 10.1. The molecule has 0 aromatic carbocycles. The minimum absolute atomic E-state index is 0.515. The molecule has 2 nitrogen and oxygen atoms in total. The number of aliphatic hydroxyl groups is 1. The Morgan fingerprint density at radius 3 is 2.60 bits per heavy atom. The summed E-state index contributed by atoms with van der Waals surface area (Å²) in [6.45, 7) is 2.12. The van der Waals surface area contributed by atoms with E-state index in [9.17, 15) is 5.11 Å². The molecule has 3 heteroatoms.